The van der Waals surface area contributed by atoms with Crippen LogP contribution in [0.5, 0.6) is 0 Å². The molecule has 4 nitrogen and oxygen atoms in total. The van der Waals surface area contributed by atoms with Crippen molar-refractivity contribution in [2.45, 2.75) is 44.1 Å². The molecule has 0 saturated heterocycles. The summed E-state index contributed by atoms with van der Waals surface area (Å²) in [4.78, 5) is 13.2. The second-order valence-electron chi connectivity index (χ2n) is 8.15. The zero-order valence-electron chi connectivity index (χ0n) is 17.3. The minimum Gasteiger partial charge on any atom is -0.369 e. The number of benzene rings is 2. The van der Waals surface area contributed by atoms with Crippen LogP contribution in [0, 0.1) is 5.92 Å². The Labute approximate surface area is 173 Å². The SMILES string of the molecule is CCc1n(C2CCC(C(C(N)=O)(c3ccccc3)c3ccccc3)C2)cc[n+]1C. The van der Waals surface area contributed by atoms with Gasteiger partial charge in [-0.05, 0) is 36.3 Å². The van der Waals surface area contributed by atoms with Crippen LogP contribution < -0.4 is 10.3 Å². The van der Waals surface area contributed by atoms with Gasteiger partial charge in [-0.15, -0.1) is 0 Å². The van der Waals surface area contributed by atoms with E-state index >= 15 is 0 Å². The fourth-order valence-electron chi connectivity index (χ4n) is 5.42. The van der Waals surface area contributed by atoms with Crippen molar-refractivity contribution in [2.75, 3.05) is 0 Å². The first-order chi connectivity index (χ1) is 14.1. The molecule has 1 aromatic heterocycles. The summed E-state index contributed by atoms with van der Waals surface area (Å²) in [6.45, 7) is 2.19. The van der Waals surface area contributed by atoms with Gasteiger partial charge in [-0.2, -0.15) is 0 Å². The average Bonchev–Trinajstić information content (AvgIpc) is 3.37. The van der Waals surface area contributed by atoms with Gasteiger partial charge in [0.15, 0.2) is 0 Å². The topological polar surface area (TPSA) is 51.9 Å². The van der Waals surface area contributed by atoms with Gasteiger partial charge in [0.2, 0.25) is 5.91 Å². The summed E-state index contributed by atoms with van der Waals surface area (Å²) < 4.78 is 4.60. The molecule has 4 rings (SSSR count). The number of rotatable bonds is 6. The minimum absolute atomic E-state index is 0.159. The number of aryl methyl sites for hydroxylation is 1. The molecule has 1 aliphatic carbocycles. The predicted octanol–water partition coefficient (Wildman–Crippen LogP) is 3.69. The highest BCUT2D eigenvalue weighted by Crippen LogP contribution is 2.49. The Kier molecular flexibility index (Phi) is 5.27. The molecule has 2 atom stereocenters. The van der Waals surface area contributed by atoms with Crippen LogP contribution in [0.25, 0.3) is 0 Å². The molecular formula is C25H30N3O+. The molecule has 0 radical (unpaired) electrons. The van der Waals surface area contributed by atoms with Gasteiger partial charge in [0.25, 0.3) is 5.82 Å². The number of amides is 1. The van der Waals surface area contributed by atoms with Crippen molar-refractivity contribution in [1.29, 1.82) is 0 Å². The van der Waals surface area contributed by atoms with Crippen LogP contribution in [0.15, 0.2) is 73.1 Å². The number of carbonyl (C=O) groups excluding carboxylic acids is 1. The van der Waals surface area contributed by atoms with Gasteiger partial charge in [0.05, 0.1) is 7.05 Å². The zero-order chi connectivity index (χ0) is 20.4. The normalized spacial score (nSPS) is 19.4. The van der Waals surface area contributed by atoms with Crippen LogP contribution in [0.3, 0.4) is 0 Å². The minimum atomic E-state index is -0.807. The molecule has 29 heavy (non-hydrogen) atoms. The Balaban J connectivity index is 1.80. The van der Waals surface area contributed by atoms with Gasteiger partial charge < -0.3 is 5.73 Å². The van der Waals surface area contributed by atoms with Crippen molar-refractivity contribution in [3.63, 3.8) is 0 Å². The van der Waals surface area contributed by atoms with Crippen LogP contribution in [0.4, 0.5) is 0 Å². The van der Waals surface area contributed by atoms with Crippen LogP contribution in [0.1, 0.15) is 49.2 Å². The highest BCUT2D eigenvalue weighted by molar-refractivity contribution is 5.91. The third kappa shape index (κ3) is 3.17. The standard InChI is InChI=1S/C25H29N3O/c1-3-23-27(2)16-17-28(23)22-15-14-21(18-22)25(24(26)29,19-10-6-4-7-11-19)20-12-8-5-9-13-20/h4-13,16-17,21-22H,3,14-15,18H2,1-2H3,(H-,26,29)/p+1. The first kappa shape index (κ1) is 19.4. The average molecular weight is 389 g/mol. The van der Waals surface area contributed by atoms with Crippen LogP contribution >= 0.6 is 0 Å². The Bertz CT molecular complexity index is 938. The van der Waals surface area contributed by atoms with E-state index in [2.05, 4.69) is 59.8 Å². The number of aromatic nitrogens is 2. The Morgan fingerprint density at radius 1 is 1.07 bits per heavy atom. The lowest BCUT2D eigenvalue weighted by Crippen LogP contribution is -2.47. The number of primary amides is 1. The molecule has 1 fully saturated rings. The van der Waals surface area contributed by atoms with E-state index in [1.54, 1.807) is 0 Å². The van der Waals surface area contributed by atoms with Crippen molar-refractivity contribution in [2.24, 2.45) is 18.7 Å². The third-order valence-corrected chi connectivity index (χ3v) is 6.73. The lowest BCUT2D eigenvalue weighted by Gasteiger charge is -2.37. The fraction of sp³-hybridized carbons (Fsp3) is 0.360. The van der Waals surface area contributed by atoms with E-state index in [0.717, 1.165) is 36.8 Å². The first-order valence-corrected chi connectivity index (χ1v) is 10.5. The molecule has 3 aromatic rings. The summed E-state index contributed by atoms with van der Waals surface area (Å²) in [5.74, 6) is 1.22. The van der Waals surface area contributed by atoms with E-state index in [4.69, 9.17) is 5.73 Å². The molecule has 2 unspecified atom stereocenters. The summed E-state index contributed by atoms with van der Waals surface area (Å²) >= 11 is 0. The van der Waals surface area contributed by atoms with Gasteiger partial charge in [0, 0.05) is 6.42 Å². The van der Waals surface area contributed by atoms with Crippen molar-refractivity contribution >= 4 is 5.91 Å². The first-order valence-electron chi connectivity index (χ1n) is 10.5. The molecule has 4 heteroatoms. The van der Waals surface area contributed by atoms with Crippen LogP contribution in [0.2, 0.25) is 0 Å². The molecule has 1 saturated carbocycles. The molecule has 2 N–H and O–H groups in total. The Morgan fingerprint density at radius 2 is 1.66 bits per heavy atom. The van der Waals surface area contributed by atoms with Crippen LogP contribution in [-0.4, -0.2) is 10.5 Å². The summed E-state index contributed by atoms with van der Waals surface area (Å²) in [5, 5.41) is 0. The predicted molar refractivity (Wildman–Crippen MR) is 114 cm³/mol. The second kappa shape index (κ2) is 7.86. The van der Waals surface area contributed by atoms with Gasteiger partial charge in [-0.1, -0.05) is 67.6 Å². The molecule has 0 spiro atoms. The third-order valence-electron chi connectivity index (χ3n) is 6.73. The fourth-order valence-corrected chi connectivity index (χ4v) is 5.42. The maximum Gasteiger partial charge on any atom is 0.256 e. The van der Waals surface area contributed by atoms with Crippen LogP contribution in [-0.2, 0) is 23.7 Å². The van der Waals surface area contributed by atoms with Crippen molar-refractivity contribution in [3.8, 4) is 0 Å². The van der Waals surface area contributed by atoms with Gasteiger partial charge in [-0.25, -0.2) is 9.13 Å². The Morgan fingerprint density at radius 3 is 2.17 bits per heavy atom. The molecule has 1 amide bonds. The van der Waals surface area contributed by atoms with E-state index in [-0.39, 0.29) is 11.8 Å². The maximum absolute atomic E-state index is 13.2. The molecule has 1 aliphatic rings. The van der Waals surface area contributed by atoms with Crippen molar-refractivity contribution in [1.82, 2.24) is 4.57 Å². The number of hydrogen-bond donors (Lipinski definition) is 1. The second-order valence-corrected chi connectivity index (χ2v) is 8.15. The number of carbonyl (C=O) groups is 1. The number of imidazole rings is 1. The number of nitrogens with zero attached hydrogens (tertiary/aromatic N) is 2. The zero-order valence-corrected chi connectivity index (χ0v) is 17.3. The number of nitrogens with two attached hydrogens (primary N) is 1. The van der Waals surface area contributed by atoms with E-state index in [1.807, 2.05) is 36.4 Å². The van der Waals surface area contributed by atoms with E-state index in [9.17, 15) is 4.79 Å². The monoisotopic (exact) mass is 388 g/mol. The van der Waals surface area contributed by atoms with E-state index < -0.39 is 5.41 Å². The number of hydrogen-bond acceptors (Lipinski definition) is 1. The lowest BCUT2D eigenvalue weighted by atomic mass is 9.64. The molecular weight excluding hydrogens is 358 g/mol. The largest absolute Gasteiger partial charge is 0.369 e. The maximum atomic E-state index is 13.2. The summed E-state index contributed by atoms with van der Waals surface area (Å²) in [7, 11) is 2.10. The Hall–Kier alpha value is -2.88. The van der Waals surface area contributed by atoms with Gasteiger partial charge >= 0.3 is 0 Å². The van der Waals surface area contributed by atoms with E-state index in [1.165, 1.54) is 5.82 Å². The molecule has 1 heterocycles. The quantitative estimate of drug-likeness (QED) is 0.644. The molecule has 0 aliphatic heterocycles. The smallest absolute Gasteiger partial charge is 0.256 e. The molecule has 2 aromatic carbocycles. The van der Waals surface area contributed by atoms with Crippen molar-refractivity contribution < 1.29 is 9.36 Å². The van der Waals surface area contributed by atoms with Crippen molar-refractivity contribution in [3.05, 3.63) is 90.0 Å². The van der Waals surface area contributed by atoms with Gasteiger partial charge in [-0.3, -0.25) is 4.79 Å². The lowest BCUT2D eigenvalue weighted by molar-refractivity contribution is -0.678. The van der Waals surface area contributed by atoms with E-state index in [0.29, 0.717) is 6.04 Å². The molecule has 0 bridgehead atoms. The van der Waals surface area contributed by atoms with Gasteiger partial charge in [0.1, 0.15) is 23.9 Å². The highest BCUT2D eigenvalue weighted by atomic mass is 16.1. The molecule has 150 valence electrons. The summed E-state index contributed by atoms with van der Waals surface area (Å²) in [6, 6.07) is 20.6. The highest BCUT2D eigenvalue weighted by Gasteiger charge is 2.51. The summed E-state index contributed by atoms with van der Waals surface area (Å²) in [6.07, 6.45) is 8.27. The summed E-state index contributed by atoms with van der Waals surface area (Å²) in [5.41, 5.74) is 7.40.